The van der Waals surface area contributed by atoms with Gasteiger partial charge in [0.05, 0.1) is 6.04 Å². The minimum absolute atomic E-state index is 0.214. The van der Waals surface area contributed by atoms with E-state index < -0.39 is 0 Å². The molecule has 1 aromatic heterocycles. The number of rotatable bonds is 5. The smallest absolute Gasteiger partial charge is 0.223 e. The standard InChI is InChI=1S/C23H31N3O/c1-25-14-7-12-21(25)22(16-24-23(27)19-9-3-2-4-10-19)26-15-13-18-8-5-6-11-20(18)17-26/h5-8,11-12,14,19,22H,2-4,9-10,13,15-17H2,1H3,(H,24,27). The van der Waals surface area contributed by atoms with Crippen LogP contribution in [0.2, 0.25) is 0 Å². The lowest BCUT2D eigenvalue weighted by Crippen LogP contribution is -2.43. The number of benzene rings is 1. The topological polar surface area (TPSA) is 37.3 Å². The van der Waals surface area contributed by atoms with Crippen LogP contribution in [0.5, 0.6) is 0 Å². The van der Waals surface area contributed by atoms with E-state index in [-0.39, 0.29) is 17.9 Å². The van der Waals surface area contributed by atoms with Gasteiger partial charge in [-0.2, -0.15) is 0 Å². The molecule has 2 aromatic rings. The predicted molar refractivity (Wildman–Crippen MR) is 108 cm³/mol. The van der Waals surface area contributed by atoms with Crippen LogP contribution in [0.3, 0.4) is 0 Å². The molecule has 4 heteroatoms. The zero-order valence-corrected chi connectivity index (χ0v) is 16.4. The normalized spacial score (nSPS) is 19.4. The van der Waals surface area contributed by atoms with Crippen molar-refractivity contribution in [3.05, 3.63) is 59.4 Å². The van der Waals surface area contributed by atoms with E-state index in [1.165, 1.54) is 36.1 Å². The maximum Gasteiger partial charge on any atom is 0.223 e. The van der Waals surface area contributed by atoms with E-state index in [1.807, 2.05) is 0 Å². The van der Waals surface area contributed by atoms with E-state index >= 15 is 0 Å². The third-order valence-corrected chi connectivity index (χ3v) is 6.37. The Morgan fingerprint density at radius 2 is 1.89 bits per heavy atom. The van der Waals surface area contributed by atoms with Crippen molar-refractivity contribution in [3.63, 3.8) is 0 Å². The highest BCUT2D eigenvalue weighted by Gasteiger charge is 2.28. The van der Waals surface area contributed by atoms with Crippen LogP contribution in [0.25, 0.3) is 0 Å². The molecule has 1 aromatic carbocycles. The van der Waals surface area contributed by atoms with Crippen LogP contribution in [-0.2, 0) is 24.8 Å². The number of aromatic nitrogens is 1. The molecule has 2 aliphatic rings. The fraction of sp³-hybridized carbons (Fsp3) is 0.522. The minimum Gasteiger partial charge on any atom is -0.354 e. The van der Waals surface area contributed by atoms with Crippen LogP contribution < -0.4 is 5.32 Å². The zero-order valence-electron chi connectivity index (χ0n) is 16.4. The molecule has 1 aliphatic carbocycles. The molecule has 4 nitrogen and oxygen atoms in total. The van der Waals surface area contributed by atoms with Gasteiger partial charge in [-0.25, -0.2) is 0 Å². The van der Waals surface area contributed by atoms with E-state index in [0.717, 1.165) is 32.4 Å². The molecule has 4 rings (SSSR count). The fourth-order valence-electron chi connectivity index (χ4n) is 4.73. The summed E-state index contributed by atoms with van der Waals surface area (Å²) in [5.41, 5.74) is 4.16. The number of hydrogen-bond acceptors (Lipinski definition) is 2. The number of amides is 1. The Morgan fingerprint density at radius 3 is 2.63 bits per heavy atom. The lowest BCUT2D eigenvalue weighted by atomic mass is 9.88. The van der Waals surface area contributed by atoms with E-state index in [4.69, 9.17) is 0 Å². The first kappa shape index (κ1) is 18.3. The summed E-state index contributed by atoms with van der Waals surface area (Å²) in [6, 6.07) is 13.3. The number of nitrogens with zero attached hydrogens (tertiary/aromatic N) is 2. The first-order valence-electron chi connectivity index (χ1n) is 10.4. The quantitative estimate of drug-likeness (QED) is 0.875. The van der Waals surface area contributed by atoms with Crippen molar-refractivity contribution >= 4 is 5.91 Å². The van der Waals surface area contributed by atoms with Gasteiger partial charge in [-0.3, -0.25) is 9.69 Å². The fourth-order valence-corrected chi connectivity index (χ4v) is 4.73. The molecule has 1 aliphatic heterocycles. The predicted octanol–water partition coefficient (Wildman–Crippen LogP) is 3.82. The molecule has 1 amide bonds. The second-order valence-electron chi connectivity index (χ2n) is 8.13. The van der Waals surface area contributed by atoms with Crippen molar-refractivity contribution in [1.82, 2.24) is 14.8 Å². The molecule has 1 saturated carbocycles. The van der Waals surface area contributed by atoms with E-state index in [2.05, 4.69) is 64.4 Å². The summed E-state index contributed by atoms with van der Waals surface area (Å²) in [6.07, 6.45) is 8.96. The SMILES string of the molecule is Cn1cccc1C(CNC(=O)C1CCCCC1)N1CCc2ccccc2C1. The highest BCUT2D eigenvalue weighted by molar-refractivity contribution is 5.78. The zero-order chi connectivity index (χ0) is 18.6. The van der Waals surface area contributed by atoms with Crippen molar-refractivity contribution in [1.29, 1.82) is 0 Å². The maximum atomic E-state index is 12.7. The van der Waals surface area contributed by atoms with Crippen molar-refractivity contribution in [2.24, 2.45) is 13.0 Å². The molecule has 1 fully saturated rings. The maximum absolute atomic E-state index is 12.7. The summed E-state index contributed by atoms with van der Waals surface area (Å²) in [6.45, 7) is 2.67. The van der Waals surface area contributed by atoms with Crippen molar-refractivity contribution in [2.75, 3.05) is 13.1 Å². The summed E-state index contributed by atoms with van der Waals surface area (Å²) >= 11 is 0. The number of aryl methyl sites for hydroxylation is 1. The molecular weight excluding hydrogens is 334 g/mol. The third kappa shape index (κ3) is 4.11. The van der Waals surface area contributed by atoms with Crippen molar-refractivity contribution in [3.8, 4) is 0 Å². The highest BCUT2D eigenvalue weighted by atomic mass is 16.1. The third-order valence-electron chi connectivity index (χ3n) is 6.37. The van der Waals surface area contributed by atoms with Crippen LogP contribution >= 0.6 is 0 Å². The summed E-state index contributed by atoms with van der Waals surface area (Å²) in [7, 11) is 2.10. The summed E-state index contributed by atoms with van der Waals surface area (Å²) in [5, 5.41) is 3.30. The van der Waals surface area contributed by atoms with Crippen molar-refractivity contribution in [2.45, 2.75) is 51.1 Å². The second-order valence-corrected chi connectivity index (χ2v) is 8.13. The summed E-state index contributed by atoms with van der Waals surface area (Å²) < 4.78 is 2.19. The van der Waals surface area contributed by atoms with Crippen LogP contribution in [-0.4, -0.2) is 28.5 Å². The van der Waals surface area contributed by atoms with Crippen LogP contribution in [0, 0.1) is 5.92 Å². The number of nitrogens with one attached hydrogen (secondary N) is 1. The number of fused-ring (bicyclic) bond motifs is 1. The van der Waals surface area contributed by atoms with Gasteiger partial charge in [0.1, 0.15) is 0 Å². The average Bonchev–Trinajstić information content (AvgIpc) is 3.14. The lowest BCUT2D eigenvalue weighted by molar-refractivity contribution is -0.126. The van der Waals surface area contributed by atoms with Gasteiger partial charge in [0.15, 0.2) is 0 Å². The Balaban J connectivity index is 1.48. The highest BCUT2D eigenvalue weighted by Crippen LogP contribution is 2.28. The van der Waals surface area contributed by atoms with Crippen LogP contribution in [0.1, 0.15) is 55.0 Å². The molecule has 0 radical (unpaired) electrons. The monoisotopic (exact) mass is 365 g/mol. The van der Waals surface area contributed by atoms with Crippen LogP contribution in [0.4, 0.5) is 0 Å². The van der Waals surface area contributed by atoms with Gasteiger partial charge in [0.2, 0.25) is 5.91 Å². The lowest BCUT2D eigenvalue weighted by Gasteiger charge is -2.36. The molecule has 1 unspecified atom stereocenters. The second kappa shape index (κ2) is 8.30. The number of hydrogen-bond donors (Lipinski definition) is 1. The summed E-state index contributed by atoms with van der Waals surface area (Å²) in [5.74, 6) is 0.473. The van der Waals surface area contributed by atoms with Gasteiger partial charge < -0.3 is 9.88 Å². The molecule has 0 spiro atoms. The molecule has 0 bridgehead atoms. The molecule has 1 N–H and O–H groups in total. The van der Waals surface area contributed by atoms with Crippen LogP contribution in [0.15, 0.2) is 42.6 Å². The van der Waals surface area contributed by atoms with E-state index in [0.29, 0.717) is 6.54 Å². The molecule has 2 heterocycles. The first-order valence-corrected chi connectivity index (χ1v) is 10.4. The average molecular weight is 366 g/mol. The van der Waals surface area contributed by atoms with E-state index in [1.54, 1.807) is 0 Å². The van der Waals surface area contributed by atoms with Gasteiger partial charge in [-0.1, -0.05) is 43.5 Å². The van der Waals surface area contributed by atoms with Gasteiger partial charge in [-0.05, 0) is 42.5 Å². The molecular formula is C23H31N3O. The molecule has 0 saturated heterocycles. The Morgan fingerprint density at radius 1 is 1.11 bits per heavy atom. The van der Waals surface area contributed by atoms with Gasteiger partial charge in [-0.15, -0.1) is 0 Å². The Bertz CT molecular complexity index is 775. The minimum atomic E-state index is 0.214. The largest absolute Gasteiger partial charge is 0.354 e. The summed E-state index contributed by atoms with van der Waals surface area (Å²) in [4.78, 5) is 15.2. The Hall–Kier alpha value is -2.07. The Labute approximate surface area is 162 Å². The number of carbonyl (C=O) groups is 1. The van der Waals surface area contributed by atoms with Crippen molar-refractivity contribution < 1.29 is 4.79 Å². The van der Waals surface area contributed by atoms with E-state index in [9.17, 15) is 4.79 Å². The first-order chi connectivity index (χ1) is 13.2. The Kier molecular flexibility index (Phi) is 5.63. The van der Waals surface area contributed by atoms with Gasteiger partial charge in [0, 0.05) is 44.5 Å². The van der Waals surface area contributed by atoms with Gasteiger partial charge >= 0.3 is 0 Å². The number of carbonyl (C=O) groups excluding carboxylic acids is 1. The molecule has 27 heavy (non-hydrogen) atoms. The van der Waals surface area contributed by atoms with Gasteiger partial charge in [0.25, 0.3) is 0 Å². The molecule has 144 valence electrons. The molecule has 1 atom stereocenters.